The lowest BCUT2D eigenvalue weighted by atomic mass is 9.89. The Kier molecular flexibility index (Phi) is 8.17. The van der Waals surface area contributed by atoms with Crippen molar-refractivity contribution < 1.29 is 32.2 Å². The minimum atomic E-state index is -4.18. The van der Waals surface area contributed by atoms with E-state index in [2.05, 4.69) is 10.1 Å². The van der Waals surface area contributed by atoms with Gasteiger partial charge in [-0.1, -0.05) is 6.92 Å². The van der Waals surface area contributed by atoms with Gasteiger partial charge < -0.3 is 9.84 Å². The number of alkyl halides is 4. The quantitative estimate of drug-likeness (QED) is 0.454. The molecule has 126 valence electrons. The highest BCUT2D eigenvalue weighted by Gasteiger charge is 2.41. The van der Waals surface area contributed by atoms with Crippen LogP contribution < -0.4 is 5.32 Å². The molecule has 0 rings (SSSR count). The third kappa shape index (κ3) is 6.60. The van der Waals surface area contributed by atoms with Crippen LogP contribution in [0.25, 0.3) is 0 Å². The van der Waals surface area contributed by atoms with Crippen molar-refractivity contribution in [3.8, 4) is 0 Å². The molecule has 21 heavy (non-hydrogen) atoms. The van der Waals surface area contributed by atoms with Gasteiger partial charge >= 0.3 is 18.3 Å². The van der Waals surface area contributed by atoms with Crippen LogP contribution >= 0.6 is 0 Å². The lowest BCUT2D eigenvalue weighted by Crippen LogP contribution is -2.54. The van der Waals surface area contributed by atoms with Crippen LogP contribution in [0.3, 0.4) is 0 Å². The van der Waals surface area contributed by atoms with Crippen LogP contribution in [0.5, 0.6) is 0 Å². The second-order valence-electron chi connectivity index (χ2n) is 5.26. The van der Waals surface area contributed by atoms with Crippen LogP contribution in [-0.2, 0) is 9.53 Å². The number of ether oxygens (including phenoxy) is 1. The Balaban J connectivity index is 4.31. The molecule has 0 fully saturated rings. The predicted octanol–water partition coefficient (Wildman–Crippen LogP) is 2.92. The Morgan fingerprint density at radius 3 is 2.29 bits per heavy atom. The van der Waals surface area contributed by atoms with Crippen molar-refractivity contribution in [3.63, 3.8) is 0 Å². The van der Waals surface area contributed by atoms with Crippen LogP contribution in [-0.4, -0.2) is 48.2 Å². The Morgan fingerprint density at radius 1 is 1.33 bits per heavy atom. The van der Waals surface area contributed by atoms with E-state index in [1.165, 1.54) is 0 Å². The van der Waals surface area contributed by atoms with Gasteiger partial charge in [0, 0.05) is 12.6 Å². The summed E-state index contributed by atoms with van der Waals surface area (Å²) in [6.45, 7) is 3.74. The third-order valence-corrected chi connectivity index (χ3v) is 3.08. The lowest BCUT2D eigenvalue weighted by Gasteiger charge is -2.31. The minimum absolute atomic E-state index is 0.0647. The predicted molar refractivity (Wildman–Crippen MR) is 69.9 cm³/mol. The largest absolute Gasteiger partial charge is 0.480 e. The van der Waals surface area contributed by atoms with Crippen molar-refractivity contribution in [1.29, 1.82) is 0 Å². The maximum absolute atomic E-state index is 12.6. The molecule has 0 saturated carbocycles. The molecule has 0 heterocycles. The van der Waals surface area contributed by atoms with Gasteiger partial charge in [-0.2, -0.15) is 8.78 Å². The summed E-state index contributed by atoms with van der Waals surface area (Å²) in [6.07, 6.45) is -3.11. The van der Waals surface area contributed by atoms with E-state index in [4.69, 9.17) is 0 Å². The number of aliphatic carboxylic acids is 1. The van der Waals surface area contributed by atoms with Gasteiger partial charge in [-0.15, -0.1) is 0 Å². The van der Waals surface area contributed by atoms with E-state index in [0.717, 1.165) is 0 Å². The van der Waals surface area contributed by atoms with Gasteiger partial charge in [-0.05, 0) is 33.1 Å². The summed E-state index contributed by atoms with van der Waals surface area (Å²) < 4.78 is 53.5. The van der Waals surface area contributed by atoms with E-state index in [1.54, 1.807) is 20.8 Å². The van der Waals surface area contributed by atoms with E-state index < -0.39 is 30.5 Å². The highest BCUT2D eigenvalue weighted by Crippen LogP contribution is 2.23. The van der Waals surface area contributed by atoms with E-state index in [0.29, 0.717) is 6.42 Å². The molecule has 8 heteroatoms. The van der Waals surface area contributed by atoms with Crippen molar-refractivity contribution in [2.24, 2.45) is 0 Å². The standard InChI is InChI=1S/C13H23F4NO3/c1-4-12(11(19)20,18-9(2)3)6-5-7-21-8-13(16,17)10(14)15/h9-10,18H,4-8H2,1-3H3,(H,19,20). The van der Waals surface area contributed by atoms with E-state index >= 15 is 0 Å². The molecule has 1 atom stereocenters. The zero-order chi connectivity index (χ0) is 16.7. The van der Waals surface area contributed by atoms with Gasteiger partial charge in [0.1, 0.15) is 12.1 Å². The van der Waals surface area contributed by atoms with Gasteiger partial charge in [0.15, 0.2) is 0 Å². The number of hydrogen-bond acceptors (Lipinski definition) is 3. The van der Waals surface area contributed by atoms with E-state index in [1.807, 2.05) is 0 Å². The van der Waals surface area contributed by atoms with Gasteiger partial charge in [0.2, 0.25) is 0 Å². The van der Waals surface area contributed by atoms with Crippen LogP contribution in [0.2, 0.25) is 0 Å². The molecule has 0 aromatic rings. The summed E-state index contributed by atoms with van der Waals surface area (Å²) in [5.74, 6) is -5.21. The monoisotopic (exact) mass is 317 g/mol. The number of hydrogen-bond donors (Lipinski definition) is 2. The second kappa shape index (κ2) is 8.53. The first-order chi connectivity index (χ1) is 9.57. The zero-order valence-corrected chi connectivity index (χ0v) is 12.5. The Morgan fingerprint density at radius 2 is 1.90 bits per heavy atom. The number of carboxylic acid groups (broad SMARTS) is 1. The van der Waals surface area contributed by atoms with Crippen molar-refractivity contribution in [2.45, 2.75) is 64.0 Å². The summed E-state index contributed by atoms with van der Waals surface area (Å²) in [4.78, 5) is 11.4. The summed E-state index contributed by atoms with van der Waals surface area (Å²) in [6, 6.07) is -0.0647. The first-order valence-corrected chi connectivity index (χ1v) is 6.82. The van der Waals surface area contributed by atoms with Gasteiger partial charge in [0.05, 0.1) is 0 Å². The van der Waals surface area contributed by atoms with E-state index in [9.17, 15) is 27.5 Å². The number of nitrogens with one attached hydrogen (secondary N) is 1. The molecule has 0 bridgehead atoms. The third-order valence-electron chi connectivity index (χ3n) is 3.08. The molecule has 0 aliphatic carbocycles. The Bertz CT molecular complexity index is 327. The molecule has 0 aliphatic heterocycles. The van der Waals surface area contributed by atoms with Crippen molar-refractivity contribution in [1.82, 2.24) is 5.32 Å². The van der Waals surface area contributed by atoms with Crippen molar-refractivity contribution in [3.05, 3.63) is 0 Å². The fourth-order valence-electron chi connectivity index (χ4n) is 1.97. The summed E-state index contributed by atoms with van der Waals surface area (Å²) in [5, 5.41) is 12.3. The maximum Gasteiger partial charge on any atom is 0.330 e. The highest BCUT2D eigenvalue weighted by atomic mass is 19.3. The second-order valence-corrected chi connectivity index (χ2v) is 5.26. The maximum atomic E-state index is 12.6. The average molecular weight is 317 g/mol. The summed E-state index contributed by atoms with van der Waals surface area (Å²) in [5.41, 5.74) is -1.16. The van der Waals surface area contributed by atoms with Crippen LogP contribution in [0.15, 0.2) is 0 Å². The molecular formula is C13H23F4NO3. The zero-order valence-electron chi connectivity index (χ0n) is 12.5. The van der Waals surface area contributed by atoms with E-state index in [-0.39, 0.29) is 25.5 Å². The lowest BCUT2D eigenvalue weighted by molar-refractivity contribution is -0.166. The van der Waals surface area contributed by atoms with Gasteiger partial charge in [-0.25, -0.2) is 8.78 Å². The van der Waals surface area contributed by atoms with Crippen LogP contribution in [0.4, 0.5) is 17.6 Å². The molecule has 0 aromatic carbocycles. The number of rotatable bonds is 11. The average Bonchev–Trinajstić information content (AvgIpc) is 2.35. The minimum Gasteiger partial charge on any atom is -0.480 e. The number of carboxylic acids is 1. The number of halogens is 4. The van der Waals surface area contributed by atoms with Crippen LogP contribution in [0.1, 0.15) is 40.0 Å². The summed E-state index contributed by atoms with van der Waals surface area (Å²) in [7, 11) is 0. The first kappa shape index (κ1) is 20.1. The first-order valence-electron chi connectivity index (χ1n) is 6.82. The smallest absolute Gasteiger partial charge is 0.330 e. The fourth-order valence-corrected chi connectivity index (χ4v) is 1.97. The van der Waals surface area contributed by atoms with Crippen LogP contribution in [0, 0.1) is 0 Å². The molecule has 0 aromatic heterocycles. The van der Waals surface area contributed by atoms with Gasteiger partial charge in [-0.3, -0.25) is 10.1 Å². The van der Waals surface area contributed by atoms with Gasteiger partial charge in [0.25, 0.3) is 0 Å². The SMILES string of the molecule is CCC(CCCOCC(F)(F)C(F)F)(NC(C)C)C(=O)O. The van der Waals surface area contributed by atoms with Crippen molar-refractivity contribution in [2.75, 3.05) is 13.2 Å². The number of carbonyl (C=O) groups is 1. The molecule has 0 spiro atoms. The van der Waals surface area contributed by atoms with Crippen molar-refractivity contribution >= 4 is 5.97 Å². The molecule has 0 saturated heterocycles. The molecule has 0 amide bonds. The normalized spacial score (nSPS) is 15.5. The molecule has 0 radical (unpaired) electrons. The molecular weight excluding hydrogens is 294 g/mol. The molecule has 1 unspecified atom stereocenters. The molecule has 0 aliphatic rings. The highest BCUT2D eigenvalue weighted by molar-refractivity contribution is 5.78. The molecule has 2 N–H and O–H groups in total. The topological polar surface area (TPSA) is 58.6 Å². The summed E-state index contributed by atoms with van der Waals surface area (Å²) >= 11 is 0. The molecule has 4 nitrogen and oxygen atoms in total. The Hall–Kier alpha value is -0.890. The fraction of sp³-hybridized carbons (Fsp3) is 0.923. The Labute approximate surface area is 121 Å².